The number of hydrogen-bond donors (Lipinski definition) is 1. The van der Waals surface area contributed by atoms with Gasteiger partial charge in [-0.05, 0) is 19.1 Å². The molecule has 0 aliphatic rings. The van der Waals surface area contributed by atoms with Gasteiger partial charge in [-0.25, -0.2) is 14.6 Å². The highest BCUT2D eigenvalue weighted by molar-refractivity contribution is 7.09. The van der Waals surface area contributed by atoms with E-state index in [0.717, 1.165) is 16.3 Å². The average molecular weight is 271 g/mol. The summed E-state index contributed by atoms with van der Waals surface area (Å²) in [4.78, 5) is 8.71. The van der Waals surface area contributed by atoms with E-state index < -0.39 is 0 Å². The first-order valence-corrected chi connectivity index (χ1v) is 6.75. The number of anilines is 1. The van der Waals surface area contributed by atoms with E-state index in [1.54, 1.807) is 22.3 Å². The second-order valence-corrected chi connectivity index (χ2v) is 5.31. The smallest absolute Gasteiger partial charge is 0.181 e. The highest BCUT2D eigenvalue weighted by Crippen LogP contribution is 2.17. The summed E-state index contributed by atoms with van der Waals surface area (Å²) in [6.07, 6.45) is 1.72. The van der Waals surface area contributed by atoms with Crippen LogP contribution < -0.4 is 5.73 Å². The minimum absolute atomic E-state index is 0.639. The van der Waals surface area contributed by atoms with E-state index in [2.05, 4.69) is 15.1 Å². The van der Waals surface area contributed by atoms with Gasteiger partial charge in [0.15, 0.2) is 5.82 Å². The van der Waals surface area contributed by atoms with Gasteiger partial charge >= 0.3 is 0 Å². The van der Waals surface area contributed by atoms with Crippen molar-refractivity contribution in [3.05, 3.63) is 46.7 Å². The molecular formula is C13H13N5S. The van der Waals surface area contributed by atoms with E-state index in [9.17, 15) is 0 Å². The Morgan fingerprint density at radius 3 is 3.00 bits per heavy atom. The van der Waals surface area contributed by atoms with E-state index >= 15 is 0 Å². The Bertz CT molecular complexity index is 700. The van der Waals surface area contributed by atoms with Gasteiger partial charge in [-0.15, -0.1) is 11.3 Å². The van der Waals surface area contributed by atoms with Crippen LogP contribution in [0.5, 0.6) is 0 Å². The Balaban J connectivity index is 1.83. The van der Waals surface area contributed by atoms with Crippen molar-refractivity contribution >= 4 is 17.0 Å². The molecule has 0 unspecified atom stereocenters. The molecule has 19 heavy (non-hydrogen) atoms. The number of rotatable bonds is 3. The van der Waals surface area contributed by atoms with Crippen molar-refractivity contribution < 1.29 is 0 Å². The number of nitrogens with zero attached hydrogens (tertiary/aromatic N) is 4. The van der Waals surface area contributed by atoms with Crippen LogP contribution in [0.4, 0.5) is 5.69 Å². The second-order valence-electron chi connectivity index (χ2n) is 4.25. The molecule has 0 spiro atoms. The van der Waals surface area contributed by atoms with Crippen molar-refractivity contribution in [2.45, 2.75) is 13.5 Å². The van der Waals surface area contributed by atoms with Crippen molar-refractivity contribution in [3.63, 3.8) is 0 Å². The van der Waals surface area contributed by atoms with Crippen LogP contribution in [0, 0.1) is 6.92 Å². The van der Waals surface area contributed by atoms with Gasteiger partial charge in [-0.3, -0.25) is 0 Å². The molecule has 0 saturated carbocycles. The second kappa shape index (κ2) is 4.81. The molecule has 0 aliphatic carbocycles. The molecule has 2 N–H and O–H groups in total. The van der Waals surface area contributed by atoms with Gasteiger partial charge in [0.1, 0.15) is 6.33 Å². The van der Waals surface area contributed by atoms with E-state index in [0.29, 0.717) is 18.1 Å². The lowest BCUT2D eigenvalue weighted by molar-refractivity contribution is 0.675. The van der Waals surface area contributed by atoms with Crippen molar-refractivity contribution in [2.75, 3.05) is 5.73 Å². The predicted octanol–water partition coefficient (Wildman–Crippen LogP) is 2.34. The fraction of sp³-hybridized carbons (Fsp3) is 0.154. The van der Waals surface area contributed by atoms with Crippen LogP contribution in [0.15, 0.2) is 36.0 Å². The number of hydrogen-bond acceptors (Lipinski definition) is 5. The Labute approximate surface area is 114 Å². The maximum atomic E-state index is 5.76. The van der Waals surface area contributed by atoms with Crippen LogP contribution >= 0.6 is 11.3 Å². The average Bonchev–Trinajstić information content (AvgIpc) is 2.99. The Hall–Kier alpha value is -2.21. The molecule has 0 bridgehead atoms. The summed E-state index contributed by atoms with van der Waals surface area (Å²) in [7, 11) is 0. The molecule has 0 saturated heterocycles. The largest absolute Gasteiger partial charge is 0.399 e. The SMILES string of the molecule is Cc1nc(Cn2cnc(-c3cccc(N)c3)n2)cs1. The monoisotopic (exact) mass is 271 g/mol. The molecule has 5 nitrogen and oxygen atoms in total. The van der Waals surface area contributed by atoms with Crippen LogP contribution in [0.3, 0.4) is 0 Å². The van der Waals surface area contributed by atoms with Crippen LogP contribution in [-0.2, 0) is 6.54 Å². The number of thiazole rings is 1. The lowest BCUT2D eigenvalue weighted by Gasteiger charge is -1.98. The Kier molecular flexibility index (Phi) is 3.00. The lowest BCUT2D eigenvalue weighted by atomic mass is 10.2. The van der Waals surface area contributed by atoms with E-state index in [-0.39, 0.29) is 0 Å². The van der Waals surface area contributed by atoms with Crippen LogP contribution in [-0.4, -0.2) is 19.7 Å². The van der Waals surface area contributed by atoms with Crippen molar-refractivity contribution in [1.29, 1.82) is 0 Å². The van der Waals surface area contributed by atoms with Gasteiger partial charge in [0.25, 0.3) is 0 Å². The van der Waals surface area contributed by atoms with E-state index in [1.165, 1.54) is 0 Å². The standard InChI is InChI=1S/C13H13N5S/c1-9-16-12(7-19-9)6-18-8-15-13(17-18)10-3-2-4-11(14)5-10/h2-5,7-8H,6,14H2,1H3. The van der Waals surface area contributed by atoms with E-state index in [1.807, 2.05) is 36.6 Å². The fourth-order valence-electron chi connectivity index (χ4n) is 1.83. The first-order valence-electron chi connectivity index (χ1n) is 5.87. The molecule has 3 aromatic rings. The summed E-state index contributed by atoms with van der Waals surface area (Å²) >= 11 is 1.64. The molecule has 0 fully saturated rings. The first kappa shape index (κ1) is 11.9. The van der Waals surface area contributed by atoms with E-state index in [4.69, 9.17) is 5.73 Å². The van der Waals surface area contributed by atoms with Crippen molar-refractivity contribution in [3.8, 4) is 11.4 Å². The Morgan fingerprint density at radius 2 is 2.26 bits per heavy atom. The van der Waals surface area contributed by atoms with Crippen LogP contribution in [0.25, 0.3) is 11.4 Å². The molecule has 0 aliphatic heterocycles. The number of aromatic nitrogens is 4. The minimum atomic E-state index is 0.639. The highest BCUT2D eigenvalue weighted by atomic mass is 32.1. The highest BCUT2D eigenvalue weighted by Gasteiger charge is 2.06. The number of nitrogen functional groups attached to an aromatic ring is 1. The summed E-state index contributed by atoms with van der Waals surface area (Å²) in [6, 6.07) is 7.56. The third-order valence-electron chi connectivity index (χ3n) is 2.67. The third kappa shape index (κ3) is 2.63. The fourth-order valence-corrected chi connectivity index (χ4v) is 2.43. The van der Waals surface area contributed by atoms with Gasteiger partial charge < -0.3 is 5.73 Å². The molecule has 6 heteroatoms. The minimum Gasteiger partial charge on any atom is -0.399 e. The van der Waals surface area contributed by atoms with Crippen LogP contribution in [0.2, 0.25) is 0 Å². The summed E-state index contributed by atoms with van der Waals surface area (Å²) in [5, 5.41) is 7.54. The van der Waals surface area contributed by atoms with Gasteiger partial charge in [-0.2, -0.15) is 5.10 Å². The zero-order chi connectivity index (χ0) is 13.2. The molecule has 0 radical (unpaired) electrons. The third-order valence-corrected chi connectivity index (χ3v) is 3.49. The van der Waals surface area contributed by atoms with Crippen LogP contribution in [0.1, 0.15) is 10.7 Å². The topological polar surface area (TPSA) is 69.6 Å². The maximum absolute atomic E-state index is 5.76. The molecule has 3 rings (SSSR count). The maximum Gasteiger partial charge on any atom is 0.181 e. The summed E-state index contributed by atoms with van der Waals surface area (Å²) < 4.78 is 1.78. The summed E-state index contributed by atoms with van der Waals surface area (Å²) in [5.41, 5.74) is 8.40. The number of aryl methyl sites for hydroxylation is 1. The quantitative estimate of drug-likeness (QED) is 0.742. The van der Waals surface area contributed by atoms with Crippen molar-refractivity contribution in [1.82, 2.24) is 19.7 Å². The zero-order valence-corrected chi connectivity index (χ0v) is 11.3. The molecule has 2 heterocycles. The van der Waals surface area contributed by atoms with Crippen molar-refractivity contribution in [2.24, 2.45) is 0 Å². The molecule has 0 atom stereocenters. The van der Waals surface area contributed by atoms with Gasteiger partial charge in [0.05, 0.1) is 17.2 Å². The Morgan fingerprint density at radius 1 is 1.37 bits per heavy atom. The zero-order valence-electron chi connectivity index (χ0n) is 10.4. The number of benzene rings is 1. The van der Waals surface area contributed by atoms with Gasteiger partial charge in [0, 0.05) is 16.6 Å². The van der Waals surface area contributed by atoms with Gasteiger partial charge in [0.2, 0.25) is 0 Å². The molecular weight excluding hydrogens is 258 g/mol. The summed E-state index contributed by atoms with van der Waals surface area (Å²) in [6.45, 7) is 2.63. The normalized spacial score (nSPS) is 10.8. The molecule has 1 aromatic carbocycles. The first-order chi connectivity index (χ1) is 9.20. The van der Waals surface area contributed by atoms with Gasteiger partial charge in [-0.1, -0.05) is 12.1 Å². The molecule has 0 amide bonds. The lowest BCUT2D eigenvalue weighted by Crippen LogP contribution is -2.00. The predicted molar refractivity (Wildman–Crippen MR) is 75.8 cm³/mol. The molecule has 96 valence electrons. The molecule has 2 aromatic heterocycles. The number of nitrogens with two attached hydrogens (primary N) is 1. The summed E-state index contributed by atoms with van der Waals surface area (Å²) in [5.74, 6) is 0.680.